The fraction of sp³-hybridized carbons (Fsp3) is 0.261. The van der Waals surface area contributed by atoms with Gasteiger partial charge in [0, 0.05) is 11.5 Å². The lowest BCUT2D eigenvalue weighted by molar-refractivity contribution is 0.0922. The van der Waals surface area contributed by atoms with Crippen LogP contribution in [0.5, 0.6) is 0 Å². The van der Waals surface area contributed by atoms with Crippen molar-refractivity contribution in [3.05, 3.63) is 71.8 Å². The molecule has 0 spiro atoms. The first-order chi connectivity index (χ1) is 11.6. The number of hydrogen-bond acceptors (Lipinski definition) is 1. The average molecular weight is 314 g/mol. The number of fused-ring (bicyclic) bond motifs is 2. The van der Waals surface area contributed by atoms with E-state index in [9.17, 15) is 4.79 Å². The Balaban J connectivity index is 1.86. The summed E-state index contributed by atoms with van der Waals surface area (Å²) in [5, 5.41) is 2.50. The first-order valence-corrected chi connectivity index (χ1v) is 8.79. The molecule has 1 heteroatoms. The minimum Gasteiger partial charge on any atom is -0.294 e. The van der Waals surface area contributed by atoms with Gasteiger partial charge in [0.05, 0.1) is 0 Å². The highest BCUT2D eigenvalue weighted by molar-refractivity contribution is 6.06. The minimum atomic E-state index is 0.149. The van der Waals surface area contributed by atoms with Crippen LogP contribution in [0.1, 0.15) is 36.2 Å². The third-order valence-corrected chi connectivity index (χ3v) is 5.10. The highest BCUT2D eigenvalue weighted by Gasteiger charge is 2.32. The van der Waals surface area contributed by atoms with Crippen molar-refractivity contribution in [2.24, 2.45) is 11.8 Å². The maximum Gasteiger partial charge on any atom is 0.166 e. The van der Waals surface area contributed by atoms with Crippen LogP contribution in [-0.2, 0) is 6.42 Å². The monoisotopic (exact) mass is 314 g/mol. The Hall–Kier alpha value is -2.41. The first-order valence-electron chi connectivity index (χ1n) is 8.79. The highest BCUT2D eigenvalue weighted by Crippen LogP contribution is 2.39. The summed E-state index contributed by atoms with van der Waals surface area (Å²) < 4.78 is 0. The predicted molar refractivity (Wildman–Crippen MR) is 100 cm³/mol. The normalized spacial score (nSPS) is 16.8. The molecule has 1 aliphatic rings. The Morgan fingerprint density at radius 3 is 2.38 bits per heavy atom. The topological polar surface area (TPSA) is 17.1 Å². The van der Waals surface area contributed by atoms with Gasteiger partial charge >= 0.3 is 0 Å². The summed E-state index contributed by atoms with van der Waals surface area (Å²) >= 11 is 0. The zero-order valence-electron chi connectivity index (χ0n) is 14.3. The molecular formula is C23H22O. The lowest BCUT2D eigenvalue weighted by Crippen LogP contribution is -2.11. The van der Waals surface area contributed by atoms with Gasteiger partial charge in [-0.3, -0.25) is 4.79 Å². The lowest BCUT2D eigenvalue weighted by atomic mass is 9.91. The third-order valence-electron chi connectivity index (χ3n) is 5.10. The van der Waals surface area contributed by atoms with E-state index in [-0.39, 0.29) is 5.92 Å². The molecule has 3 aromatic rings. The average Bonchev–Trinajstić information content (AvgIpc) is 2.90. The van der Waals surface area contributed by atoms with Crippen LogP contribution in [0.4, 0.5) is 0 Å². The van der Waals surface area contributed by atoms with Gasteiger partial charge in [-0.05, 0) is 46.2 Å². The van der Waals surface area contributed by atoms with Gasteiger partial charge in [0.2, 0.25) is 0 Å². The van der Waals surface area contributed by atoms with Gasteiger partial charge in [0.25, 0.3) is 0 Å². The summed E-state index contributed by atoms with van der Waals surface area (Å²) in [6.45, 7) is 4.39. The van der Waals surface area contributed by atoms with Crippen molar-refractivity contribution >= 4 is 16.6 Å². The van der Waals surface area contributed by atoms with Gasteiger partial charge in [0.1, 0.15) is 0 Å². The molecule has 0 amide bonds. The van der Waals surface area contributed by atoms with Crippen molar-refractivity contribution in [1.82, 2.24) is 0 Å². The van der Waals surface area contributed by atoms with Crippen molar-refractivity contribution in [2.45, 2.75) is 26.7 Å². The minimum absolute atomic E-state index is 0.149. The number of carbonyl (C=O) groups is 1. The summed E-state index contributed by atoms with van der Waals surface area (Å²) in [6.07, 6.45) is 1.86. The van der Waals surface area contributed by atoms with Gasteiger partial charge in [-0.1, -0.05) is 74.5 Å². The molecular weight excluding hydrogens is 292 g/mol. The fourth-order valence-electron chi connectivity index (χ4n) is 4.07. The first kappa shape index (κ1) is 15.1. The molecule has 0 saturated heterocycles. The van der Waals surface area contributed by atoms with E-state index in [1.165, 1.54) is 27.5 Å². The molecule has 1 atom stereocenters. The van der Waals surface area contributed by atoms with Crippen molar-refractivity contribution in [2.75, 3.05) is 0 Å². The van der Waals surface area contributed by atoms with Crippen LogP contribution in [0.3, 0.4) is 0 Å². The SMILES string of the molecule is CC(C)CC1Cc2c(cccc2-c2cccc3ccccc23)C1=O. The van der Waals surface area contributed by atoms with Crippen LogP contribution >= 0.6 is 0 Å². The second-order valence-electron chi connectivity index (χ2n) is 7.25. The maximum absolute atomic E-state index is 12.8. The smallest absolute Gasteiger partial charge is 0.166 e. The summed E-state index contributed by atoms with van der Waals surface area (Å²) in [7, 11) is 0. The van der Waals surface area contributed by atoms with E-state index in [1.54, 1.807) is 0 Å². The molecule has 120 valence electrons. The van der Waals surface area contributed by atoms with Gasteiger partial charge in [-0.15, -0.1) is 0 Å². The van der Waals surface area contributed by atoms with Crippen molar-refractivity contribution in [1.29, 1.82) is 0 Å². The highest BCUT2D eigenvalue weighted by atomic mass is 16.1. The summed E-state index contributed by atoms with van der Waals surface area (Å²) in [5.74, 6) is 1.03. The molecule has 1 aliphatic carbocycles. The van der Waals surface area contributed by atoms with Crippen LogP contribution in [0.2, 0.25) is 0 Å². The van der Waals surface area contributed by atoms with E-state index >= 15 is 0 Å². The van der Waals surface area contributed by atoms with Crippen LogP contribution in [0.25, 0.3) is 21.9 Å². The molecule has 0 N–H and O–H groups in total. The summed E-state index contributed by atoms with van der Waals surface area (Å²) in [5.41, 5.74) is 4.64. The molecule has 0 radical (unpaired) electrons. The van der Waals surface area contributed by atoms with Gasteiger partial charge in [0.15, 0.2) is 5.78 Å². The van der Waals surface area contributed by atoms with E-state index in [1.807, 2.05) is 12.1 Å². The Morgan fingerprint density at radius 1 is 0.875 bits per heavy atom. The van der Waals surface area contributed by atoms with Gasteiger partial charge in [-0.25, -0.2) is 0 Å². The Bertz CT molecular complexity index is 915. The Labute approximate surface area is 143 Å². The molecule has 0 aliphatic heterocycles. The molecule has 0 bridgehead atoms. The van der Waals surface area contributed by atoms with E-state index in [4.69, 9.17) is 0 Å². The fourth-order valence-corrected chi connectivity index (χ4v) is 4.07. The number of Topliss-reactive ketones (excluding diaryl/α,β-unsaturated/α-hetero) is 1. The van der Waals surface area contributed by atoms with Crippen molar-refractivity contribution in [3.8, 4) is 11.1 Å². The zero-order chi connectivity index (χ0) is 16.7. The Kier molecular flexibility index (Phi) is 3.72. The van der Waals surface area contributed by atoms with Crippen LogP contribution in [0, 0.1) is 11.8 Å². The molecule has 0 fully saturated rings. The number of rotatable bonds is 3. The van der Waals surface area contributed by atoms with Crippen LogP contribution in [-0.4, -0.2) is 5.78 Å². The maximum atomic E-state index is 12.8. The third kappa shape index (κ3) is 2.45. The molecule has 1 unspecified atom stereocenters. The molecule has 4 rings (SSSR count). The van der Waals surface area contributed by atoms with Crippen molar-refractivity contribution in [3.63, 3.8) is 0 Å². The second kappa shape index (κ2) is 5.90. The predicted octanol–water partition coefficient (Wildman–Crippen LogP) is 5.91. The zero-order valence-corrected chi connectivity index (χ0v) is 14.3. The largest absolute Gasteiger partial charge is 0.294 e. The van der Waals surface area contributed by atoms with Crippen molar-refractivity contribution < 1.29 is 4.79 Å². The van der Waals surface area contributed by atoms with Gasteiger partial charge < -0.3 is 0 Å². The Morgan fingerprint density at radius 2 is 1.54 bits per heavy atom. The summed E-state index contributed by atoms with van der Waals surface area (Å²) in [4.78, 5) is 12.8. The van der Waals surface area contributed by atoms with E-state index < -0.39 is 0 Å². The molecule has 1 nitrogen and oxygen atoms in total. The number of benzene rings is 3. The van der Waals surface area contributed by atoms with Crippen LogP contribution in [0.15, 0.2) is 60.7 Å². The number of hydrogen-bond donors (Lipinski definition) is 0. The molecule has 0 aromatic heterocycles. The molecule has 0 heterocycles. The quantitative estimate of drug-likeness (QED) is 0.587. The molecule has 3 aromatic carbocycles. The molecule has 24 heavy (non-hydrogen) atoms. The van der Waals surface area contributed by atoms with E-state index in [0.717, 1.165) is 18.4 Å². The number of ketones is 1. The van der Waals surface area contributed by atoms with E-state index in [2.05, 4.69) is 62.4 Å². The summed E-state index contributed by atoms with van der Waals surface area (Å²) in [6, 6.07) is 21.1. The second-order valence-corrected chi connectivity index (χ2v) is 7.25. The molecule has 0 saturated carbocycles. The lowest BCUT2D eigenvalue weighted by Gasteiger charge is -2.12. The van der Waals surface area contributed by atoms with Crippen LogP contribution < -0.4 is 0 Å². The van der Waals surface area contributed by atoms with E-state index in [0.29, 0.717) is 11.7 Å². The standard InChI is InChI=1S/C23H22O/c1-15(2)13-17-14-22-20(11-6-12-21(22)23(17)24)19-10-5-8-16-7-3-4-9-18(16)19/h3-12,15,17H,13-14H2,1-2H3. The van der Waals surface area contributed by atoms with Gasteiger partial charge in [-0.2, -0.15) is 0 Å². The number of carbonyl (C=O) groups excluding carboxylic acids is 1.